The molecule has 0 bridgehead atoms. The average Bonchev–Trinajstić information content (AvgIpc) is 2.29. The molecule has 3 nitrogen and oxygen atoms in total. The summed E-state index contributed by atoms with van der Waals surface area (Å²) in [7, 11) is 0. The number of carbonyl (C=O) groups excluding carboxylic acids is 2. The normalized spacial score (nSPS) is 15.6. The van der Waals surface area contributed by atoms with Gasteiger partial charge in [-0.15, -0.1) is 0 Å². The van der Waals surface area contributed by atoms with E-state index < -0.39 is 0 Å². The van der Waals surface area contributed by atoms with Crippen LogP contribution in [0.1, 0.15) is 64.7 Å². The predicted octanol–water partition coefficient (Wildman–Crippen LogP) is 3.53. The first-order chi connectivity index (χ1) is 8.22. The molecule has 0 heterocycles. The standard InChI is InChI=1S/C14H22O3/c1-2-3-4-5-6-10-14(16)17-13-9-7-8-12(15)11-13/h11H,2-10H2,1H3. The van der Waals surface area contributed by atoms with Gasteiger partial charge < -0.3 is 4.74 Å². The van der Waals surface area contributed by atoms with Crippen LogP contribution in [0.4, 0.5) is 0 Å². The highest BCUT2D eigenvalue weighted by Crippen LogP contribution is 2.17. The van der Waals surface area contributed by atoms with Gasteiger partial charge in [0, 0.05) is 25.3 Å². The molecule has 0 spiro atoms. The van der Waals surface area contributed by atoms with Crippen LogP contribution in [-0.4, -0.2) is 11.8 Å². The number of esters is 1. The van der Waals surface area contributed by atoms with Crippen LogP contribution in [0.2, 0.25) is 0 Å². The maximum absolute atomic E-state index is 11.5. The monoisotopic (exact) mass is 238 g/mol. The lowest BCUT2D eigenvalue weighted by molar-refractivity contribution is -0.140. The van der Waals surface area contributed by atoms with Gasteiger partial charge in [-0.25, -0.2) is 0 Å². The number of hydrogen-bond donors (Lipinski definition) is 0. The molecule has 0 saturated carbocycles. The summed E-state index contributed by atoms with van der Waals surface area (Å²) in [5, 5.41) is 0. The first-order valence-electron chi connectivity index (χ1n) is 6.66. The van der Waals surface area contributed by atoms with Crippen molar-refractivity contribution in [1.29, 1.82) is 0 Å². The van der Waals surface area contributed by atoms with Crippen LogP contribution in [-0.2, 0) is 14.3 Å². The van der Waals surface area contributed by atoms with E-state index in [0.29, 0.717) is 25.0 Å². The van der Waals surface area contributed by atoms with E-state index in [2.05, 4.69) is 6.92 Å². The van der Waals surface area contributed by atoms with E-state index in [9.17, 15) is 9.59 Å². The Labute approximate surface area is 103 Å². The number of allylic oxidation sites excluding steroid dienone is 2. The summed E-state index contributed by atoms with van der Waals surface area (Å²) in [4.78, 5) is 22.6. The van der Waals surface area contributed by atoms with Gasteiger partial charge in [0.1, 0.15) is 5.76 Å². The molecule has 1 aliphatic carbocycles. The SMILES string of the molecule is CCCCCCCC(=O)OC1=CC(=O)CCC1. The molecule has 3 heteroatoms. The number of hydrogen-bond acceptors (Lipinski definition) is 3. The van der Waals surface area contributed by atoms with Gasteiger partial charge in [0.05, 0.1) is 0 Å². The molecule has 0 N–H and O–H groups in total. The fourth-order valence-electron chi connectivity index (χ4n) is 1.91. The van der Waals surface area contributed by atoms with Gasteiger partial charge in [-0.1, -0.05) is 32.6 Å². The van der Waals surface area contributed by atoms with E-state index in [1.54, 1.807) is 0 Å². The van der Waals surface area contributed by atoms with Crippen molar-refractivity contribution in [2.75, 3.05) is 0 Å². The number of rotatable bonds is 7. The Morgan fingerprint density at radius 2 is 2.00 bits per heavy atom. The maximum Gasteiger partial charge on any atom is 0.310 e. The molecule has 1 rings (SSSR count). The Morgan fingerprint density at radius 1 is 1.24 bits per heavy atom. The van der Waals surface area contributed by atoms with Crippen molar-refractivity contribution >= 4 is 11.8 Å². The van der Waals surface area contributed by atoms with E-state index in [0.717, 1.165) is 19.3 Å². The van der Waals surface area contributed by atoms with Crippen molar-refractivity contribution in [3.8, 4) is 0 Å². The fourth-order valence-corrected chi connectivity index (χ4v) is 1.91. The fraction of sp³-hybridized carbons (Fsp3) is 0.714. The summed E-state index contributed by atoms with van der Waals surface area (Å²) < 4.78 is 5.17. The first-order valence-corrected chi connectivity index (χ1v) is 6.66. The summed E-state index contributed by atoms with van der Waals surface area (Å²) >= 11 is 0. The Morgan fingerprint density at radius 3 is 2.71 bits per heavy atom. The van der Waals surface area contributed by atoms with Crippen LogP contribution >= 0.6 is 0 Å². The third kappa shape index (κ3) is 6.25. The van der Waals surface area contributed by atoms with E-state index in [1.165, 1.54) is 25.3 Å². The molecule has 0 atom stereocenters. The second-order valence-corrected chi connectivity index (χ2v) is 4.57. The Balaban J connectivity index is 2.14. The zero-order valence-electron chi connectivity index (χ0n) is 10.7. The molecule has 0 radical (unpaired) electrons. The Kier molecular flexibility index (Phi) is 6.60. The van der Waals surface area contributed by atoms with Crippen molar-refractivity contribution < 1.29 is 14.3 Å². The minimum absolute atomic E-state index is 0.0713. The number of ether oxygens (including phenoxy) is 1. The molecule has 0 aromatic heterocycles. The number of carbonyl (C=O) groups is 2. The summed E-state index contributed by atoms with van der Waals surface area (Å²) in [6.07, 6.45) is 9.63. The lowest BCUT2D eigenvalue weighted by atomic mass is 10.1. The van der Waals surface area contributed by atoms with Crippen LogP contribution in [0.15, 0.2) is 11.8 Å². The molecule has 96 valence electrons. The van der Waals surface area contributed by atoms with Crippen molar-refractivity contribution in [2.24, 2.45) is 0 Å². The third-order valence-corrected chi connectivity index (χ3v) is 2.90. The van der Waals surface area contributed by atoms with Crippen LogP contribution in [0.5, 0.6) is 0 Å². The van der Waals surface area contributed by atoms with Crippen LogP contribution in [0.25, 0.3) is 0 Å². The van der Waals surface area contributed by atoms with Crippen molar-refractivity contribution in [3.63, 3.8) is 0 Å². The minimum Gasteiger partial charge on any atom is -0.431 e. The van der Waals surface area contributed by atoms with Gasteiger partial charge in [-0.2, -0.15) is 0 Å². The highest BCUT2D eigenvalue weighted by atomic mass is 16.5. The zero-order chi connectivity index (χ0) is 12.5. The van der Waals surface area contributed by atoms with Gasteiger partial charge >= 0.3 is 5.97 Å². The second-order valence-electron chi connectivity index (χ2n) is 4.57. The van der Waals surface area contributed by atoms with Gasteiger partial charge in [0.15, 0.2) is 5.78 Å². The minimum atomic E-state index is -0.192. The van der Waals surface area contributed by atoms with E-state index in [1.807, 2.05) is 0 Å². The van der Waals surface area contributed by atoms with Crippen LogP contribution in [0.3, 0.4) is 0 Å². The molecule has 0 fully saturated rings. The zero-order valence-corrected chi connectivity index (χ0v) is 10.7. The molecular formula is C14H22O3. The van der Waals surface area contributed by atoms with Gasteiger partial charge in [-0.05, 0) is 12.8 Å². The molecule has 0 aliphatic heterocycles. The van der Waals surface area contributed by atoms with Gasteiger partial charge in [0.25, 0.3) is 0 Å². The summed E-state index contributed by atoms with van der Waals surface area (Å²) in [6, 6.07) is 0. The highest BCUT2D eigenvalue weighted by molar-refractivity contribution is 5.91. The van der Waals surface area contributed by atoms with E-state index >= 15 is 0 Å². The molecule has 0 aromatic rings. The van der Waals surface area contributed by atoms with E-state index in [-0.39, 0.29) is 11.8 Å². The number of ketones is 1. The molecule has 1 aliphatic rings. The molecule has 0 unspecified atom stereocenters. The predicted molar refractivity (Wildman–Crippen MR) is 66.4 cm³/mol. The molecule has 17 heavy (non-hydrogen) atoms. The van der Waals surface area contributed by atoms with Crippen molar-refractivity contribution in [3.05, 3.63) is 11.8 Å². The first kappa shape index (κ1) is 13.9. The van der Waals surface area contributed by atoms with Crippen molar-refractivity contribution in [2.45, 2.75) is 64.7 Å². The van der Waals surface area contributed by atoms with Crippen LogP contribution in [0, 0.1) is 0 Å². The summed E-state index contributed by atoms with van der Waals surface area (Å²) in [6.45, 7) is 2.17. The molecular weight excluding hydrogens is 216 g/mol. The van der Waals surface area contributed by atoms with E-state index in [4.69, 9.17) is 4.74 Å². The Hall–Kier alpha value is -1.12. The van der Waals surface area contributed by atoms with Gasteiger partial charge in [0.2, 0.25) is 0 Å². The van der Waals surface area contributed by atoms with Gasteiger partial charge in [-0.3, -0.25) is 9.59 Å². The highest BCUT2D eigenvalue weighted by Gasteiger charge is 2.13. The van der Waals surface area contributed by atoms with Crippen molar-refractivity contribution in [1.82, 2.24) is 0 Å². The quantitative estimate of drug-likeness (QED) is 0.503. The molecule has 0 aromatic carbocycles. The maximum atomic E-state index is 11.5. The second kappa shape index (κ2) is 8.04. The van der Waals surface area contributed by atoms with Crippen LogP contribution < -0.4 is 0 Å². The summed E-state index contributed by atoms with van der Waals surface area (Å²) in [5.41, 5.74) is 0. The molecule has 0 saturated heterocycles. The number of unbranched alkanes of at least 4 members (excludes halogenated alkanes) is 4. The Bertz CT molecular complexity index is 292. The third-order valence-electron chi connectivity index (χ3n) is 2.90. The summed E-state index contributed by atoms with van der Waals surface area (Å²) in [5.74, 6) is 0.434. The lowest BCUT2D eigenvalue weighted by Crippen LogP contribution is -2.10. The topological polar surface area (TPSA) is 43.4 Å². The lowest BCUT2D eigenvalue weighted by Gasteiger charge is -2.11. The largest absolute Gasteiger partial charge is 0.431 e. The molecule has 0 amide bonds. The average molecular weight is 238 g/mol. The smallest absolute Gasteiger partial charge is 0.310 e.